The van der Waals surface area contributed by atoms with Crippen LogP contribution in [0.15, 0.2) is 9.78 Å². The van der Waals surface area contributed by atoms with Gasteiger partial charge in [0.25, 0.3) is 11.5 Å². The smallest absolute Gasteiger partial charge is 0.270 e. The highest BCUT2D eigenvalue weighted by Gasteiger charge is 2.34. The number of carbonyl (C=O) groups is 1. The molecule has 0 bridgehead atoms. The lowest BCUT2D eigenvalue weighted by molar-refractivity contribution is -0.803. The Hall–Kier alpha value is -1.92. The summed E-state index contributed by atoms with van der Waals surface area (Å²) in [6.45, 7) is 0. The van der Waals surface area contributed by atoms with Crippen molar-refractivity contribution >= 4 is 11.5 Å². The van der Waals surface area contributed by atoms with Gasteiger partial charge in [0.2, 0.25) is 5.69 Å². The largest absolute Gasteiger partial charge is 0.411 e. The summed E-state index contributed by atoms with van der Waals surface area (Å²) in [5.74, 6) is -0.625. The van der Waals surface area contributed by atoms with E-state index in [0.717, 1.165) is 0 Å². The molecular formula is C6H5N3O4. The van der Waals surface area contributed by atoms with Gasteiger partial charge in [-0.25, -0.2) is 0 Å². The van der Waals surface area contributed by atoms with Crippen LogP contribution in [0.1, 0.15) is 22.6 Å². The summed E-state index contributed by atoms with van der Waals surface area (Å²) < 4.78 is 4.23. The minimum atomic E-state index is -0.625. The molecule has 0 aliphatic heterocycles. The Morgan fingerprint density at radius 3 is 3.08 bits per heavy atom. The third kappa shape index (κ3) is 0.968. The highest BCUT2D eigenvalue weighted by Crippen LogP contribution is 2.14. The van der Waals surface area contributed by atoms with E-state index in [9.17, 15) is 10.0 Å². The van der Waals surface area contributed by atoms with Crippen LogP contribution in [0.2, 0.25) is 0 Å². The summed E-state index contributed by atoms with van der Waals surface area (Å²) in [5, 5.41) is 25.5. The first kappa shape index (κ1) is 7.71. The van der Waals surface area contributed by atoms with Crippen LogP contribution in [0.5, 0.6) is 0 Å². The highest BCUT2D eigenvalue weighted by atomic mass is 16.8. The van der Waals surface area contributed by atoms with Crippen LogP contribution in [0.25, 0.3) is 0 Å². The minimum Gasteiger partial charge on any atom is -0.411 e. The van der Waals surface area contributed by atoms with E-state index >= 15 is 0 Å². The van der Waals surface area contributed by atoms with Gasteiger partial charge in [0.15, 0.2) is 0 Å². The monoisotopic (exact) mass is 183 g/mol. The third-order valence-corrected chi connectivity index (χ3v) is 1.88. The molecule has 68 valence electrons. The van der Waals surface area contributed by atoms with Crippen LogP contribution in [-0.2, 0) is 6.42 Å². The van der Waals surface area contributed by atoms with Crippen molar-refractivity contribution in [2.45, 2.75) is 12.8 Å². The van der Waals surface area contributed by atoms with Gasteiger partial charge in [0, 0.05) is 18.0 Å². The van der Waals surface area contributed by atoms with Crippen molar-refractivity contribution in [2.75, 3.05) is 0 Å². The van der Waals surface area contributed by atoms with E-state index in [1.807, 2.05) is 0 Å². The maximum atomic E-state index is 11.3. The lowest BCUT2D eigenvalue weighted by atomic mass is 9.98. The van der Waals surface area contributed by atoms with E-state index in [-0.39, 0.29) is 22.7 Å². The predicted molar refractivity (Wildman–Crippen MR) is 37.3 cm³/mol. The van der Waals surface area contributed by atoms with Crippen LogP contribution < -0.4 is 4.90 Å². The number of aromatic nitrogens is 2. The molecule has 1 heterocycles. The molecule has 1 aliphatic carbocycles. The molecule has 0 fully saturated rings. The molecule has 0 aromatic carbocycles. The molecule has 1 aromatic heterocycles. The average molecular weight is 183 g/mol. The Bertz CT molecular complexity index is 395. The Morgan fingerprint density at radius 1 is 1.62 bits per heavy atom. The topological polar surface area (TPSA) is 103 Å². The maximum Gasteiger partial charge on any atom is 0.270 e. The number of hydrogen-bond acceptors (Lipinski definition) is 6. The SMILES string of the molecule is O=C1/C(=N\O)CCc2no[n+]([O-])c21. The Labute approximate surface area is 71.8 Å². The maximum absolute atomic E-state index is 11.3. The molecule has 1 aromatic rings. The van der Waals surface area contributed by atoms with E-state index < -0.39 is 5.78 Å². The number of oxime groups is 1. The Kier molecular flexibility index (Phi) is 1.51. The molecule has 0 amide bonds. The molecule has 7 nitrogen and oxygen atoms in total. The molecule has 0 saturated carbocycles. The second kappa shape index (κ2) is 2.54. The number of fused-ring (bicyclic) bond motifs is 1. The van der Waals surface area contributed by atoms with E-state index in [2.05, 4.69) is 14.9 Å². The van der Waals surface area contributed by atoms with Crippen LogP contribution in [-0.4, -0.2) is 21.9 Å². The van der Waals surface area contributed by atoms with Gasteiger partial charge in [-0.05, 0) is 4.90 Å². The van der Waals surface area contributed by atoms with Gasteiger partial charge in [0.1, 0.15) is 5.71 Å². The summed E-state index contributed by atoms with van der Waals surface area (Å²) in [7, 11) is 0. The quantitative estimate of drug-likeness (QED) is 0.324. The summed E-state index contributed by atoms with van der Waals surface area (Å²) in [4.78, 5) is 11.3. The first-order valence-corrected chi connectivity index (χ1v) is 3.58. The first-order chi connectivity index (χ1) is 6.24. The van der Waals surface area contributed by atoms with Gasteiger partial charge in [-0.15, -0.1) is 0 Å². The number of hydrogen-bond donors (Lipinski definition) is 1. The average Bonchev–Trinajstić information content (AvgIpc) is 2.49. The van der Waals surface area contributed by atoms with Crippen LogP contribution in [0.4, 0.5) is 0 Å². The second-order valence-electron chi connectivity index (χ2n) is 2.60. The summed E-state index contributed by atoms with van der Waals surface area (Å²) in [6.07, 6.45) is 0.647. The number of aryl methyl sites for hydroxylation is 1. The molecule has 13 heavy (non-hydrogen) atoms. The lowest BCUT2D eigenvalue weighted by Gasteiger charge is -2.04. The number of ketones is 1. The van der Waals surface area contributed by atoms with Crippen molar-refractivity contribution in [1.29, 1.82) is 0 Å². The van der Waals surface area contributed by atoms with Crippen molar-refractivity contribution in [3.05, 3.63) is 16.6 Å². The van der Waals surface area contributed by atoms with Gasteiger partial charge in [-0.1, -0.05) is 5.16 Å². The molecule has 0 atom stereocenters. The molecule has 0 unspecified atom stereocenters. The predicted octanol–water partition coefficient (Wildman–Crippen LogP) is -0.733. The van der Waals surface area contributed by atoms with Crippen LogP contribution in [0.3, 0.4) is 0 Å². The molecular weight excluding hydrogens is 178 g/mol. The Morgan fingerprint density at radius 2 is 2.38 bits per heavy atom. The number of carbonyl (C=O) groups excluding carboxylic acids is 1. The van der Waals surface area contributed by atoms with Gasteiger partial charge in [-0.2, -0.15) is 0 Å². The Balaban J connectivity index is 2.55. The molecule has 7 heteroatoms. The summed E-state index contributed by atoms with van der Waals surface area (Å²) >= 11 is 0. The minimum absolute atomic E-state index is 0.0298. The van der Waals surface area contributed by atoms with Crippen molar-refractivity contribution in [1.82, 2.24) is 5.16 Å². The normalized spacial score (nSPS) is 19.1. The molecule has 0 radical (unpaired) electrons. The van der Waals surface area contributed by atoms with Crippen LogP contribution >= 0.6 is 0 Å². The van der Waals surface area contributed by atoms with Crippen molar-refractivity contribution in [3.8, 4) is 0 Å². The zero-order valence-electron chi connectivity index (χ0n) is 6.43. The molecule has 0 saturated heterocycles. The van der Waals surface area contributed by atoms with Crippen molar-refractivity contribution in [3.63, 3.8) is 0 Å². The third-order valence-electron chi connectivity index (χ3n) is 1.88. The van der Waals surface area contributed by atoms with E-state index in [1.165, 1.54) is 0 Å². The van der Waals surface area contributed by atoms with Gasteiger partial charge >= 0.3 is 0 Å². The highest BCUT2D eigenvalue weighted by molar-refractivity contribution is 6.45. The van der Waals surface area contributed by atoms with Crippen molar-refractivity contribution in [2.24, 2.45) is 5.16 Å². The molecule has 0 spiro atoms. The van der Waals surface area contributed by atoms with Gasteiger partial charge < -0.3 is 10.4 Å². The van der Waals surface area contributed by atoms with E-state index in [1.54, 1.807) is 0 Å². The first-order valence-electron chi connectivity index (χ1n) is 3.58. The fourth-order valence-corrected chi connectivity index (χ4v) is 1.24. The second-order valence-corrected chi connectivity index (χ2v) is 2.60. The zero-order chi connectivity index (χ0) is 9.42. The number of nitrogens with zero attached hydrogens (tertiary/aromatic N) is 3. The fraction of sp³-hybridized carbons (Fsp3) is 0.333. The molecule has 2 rings (SSSR count). The van der Waals surface area contributed by atoms with Gasteiger partial charge in [-0.3, -0.25) is 9.42 Å². The van der Waals surface area contributed by atoms with Gasteiger partial charge in [0.05, 0.1) is 0 Å². The standard InChI is InChI=1S/C6H5N3O4/c10-6-4(7-11)2-1-3-5(6)9(12)13-8-3/h11H,1-2H2/b7-4-. The number of rotatable bonds is 0. The van der Waals surface area contributed by atoms with E-state index in [4.69, 9.17) is 5.21 Å². The number of Topliss-reactive ketones (excluding diaryl/α,β-unsaturated/α-hetero) is 1. The summed E-state index contributed by atoms with van der Waals surface area (Å²) in [5.41, 5.74) is 0.0896. The summed E-state index contributed by atoms with van der Waals surface area (Å²) in [6, 6.07) is 0. The molecule has 1 N–H and O–H groups in total. The fourth-order valence-electron chi connectivity index (χ4n) is 1.24. The zero-order valence-corrected chi connectivity index (χ0v) is 6.43. The van der Waals surface area contributed by atoms with E-state index in [0.29, 0.717) is 12.1 Å². The molecule has 1 aliphatic rings. The van der Waals surface area contributed by atoms with Crippen molar-refractivity contribution < 1.29 is 19.5 Å². The lowest BCUT2D eigenvalue weighted by Crippen LogP contribution is -2.37. The van der Waals surface area contributed by atoms with Crippen LogP contribution in [0, 0.1) is 5.21 Å².